The second kappa shape index (κ2) is 9.22. The Labute approximate surface area is 183 Å². The molecule has 0 aliphatic carbocycles. The largest absolute Gasteiger partial charge is 0.496 e. The van der Waals surface area contributed by atoms with Crippen LogP contribution in [0.1, 0.15) is 22.3 Å². The molecule has 0 spiro atoms. The fraction of sp³-hybridized carbons (Fsp3) is 0.261. The first kappa shape index (κ1) is 22.4. The van der Waals surface area contributed by atoms with Crippen LogP contribution in [0.15, 0.2) is 45.6 Å². The molecule has 1 atom stereocenters. The molecule has 1 aromatic heterocycles. The number of aryl methyl sites for hydroxylation is 2. The molecule has 2 aromatic carbocycles. The topological polar surface area (TPSA) is 106 Å². The van der Waals surface area contributed by atoms with Crippen molar-refractivity contribution in [3.63, 3.8) is 0 Å². The first-order valence-corrected chi connectivity index (χ1v) is 9.95. The number of carboxylic acids is 1. The summed E-state index contributed by atoms with van der Waals surface area (Å²) in [6.07, 6.45) is -0.234. The second-order valence-electron chi connectivity index (χ2n) is 7.30. The maximum absolute atomic E-state index is 12.6. The molecule has 0 bridgehead atoms. The smallest absolute Gasteiger partial charge is 0.340 e. The van der Waals surface area contributed by atoms with Gasteiger partial charge in [0.1, 0.15) is 17.4 Å². The Morgan fingerprint density at radius 2 is 1.87 bits per heavy atom. The molecule has 0 saturated carbocycles. The number of nitrogens with one attached hydrogen (secondary N) is 1. The highest BCUT2D eigenvalue weighted by atomic mass is 35.5. The van der Waals surface area contributed by atoms with Crippen molar-refractivity contribution in [2.75, 3.05) is 7.11 Å². The lowest BCUT2D eigenvalue weighted by Gasteiger charge is -2.16. The molecule has 162 valence electrons. The fourth-order valence-electron chi connectivity index (χ4n) is 3.46. The van der Waals surface area contributed by atoms with E-state index in [0.717, 1.165) is 5.56 Å². The summed E-state index contributed by atoms with van der Waals surface area (Å²) >= 11 is 5.85. The number of fused-ring (bicyclic) bond motifs is 1. The van der Waals surface area contributed by atoms with Crippen molar-refractivity contribution in [3.8, 4) is 5.75 Å². The summed E-state index contributed by atoms with van der Waals surface area (Å²) < 4.78 is 10.8. The van der Waals surface area contributed by atoms with Gasteiger partial charge in [-0.2, -0.15) is 0 Å². The monoisotopic (exact) mass is 443 g/mol. The van der Waals surface area contributed by atoms with E-state index in [1.165, 1.54) is 7.11 Å². The van der Waals surface area contributed by atoms with Gasteiger partial charge in [-0.25, -0.2) is 9.59 Å². The molecule has 0 aliphatic heterocycles. The molecule has 0 saturated heterocycles. The molecule has 8 heteroatoms. The molecule has 7 nitrogen and oxygen atoms in total. The summed E-state index contributed by atoms with van der Waals surface area (Å²) in [6, 6.07) is 9.07. The van der Waals surface area contributed by atoms with E-state index >= 15 is 0 Å². The molecule has 3 aromatic rings. The third kappa shape index (κ3) is 5.06. The van der Waals surface area contributed by atoms with Crippen LogP contribution >= 0.6 is 11.6 Å². The zero-order valence-electron chi connectivity index (χ0n) is 17.3. The van der Waals surface area contributed by atoms with Gasteiger partial charge in [0.2, 0.25) is 5.91 Å². The maximum atomic E-state index is 12.6. The van der Waals surface area contributed by atoms with Crippen molar-refractivity contribution in [1.29, 1.82) is 0 Å². The van der Waals surface area contributed by atoms with Gasteiger partial charge in [0.15, 0.2) is 0 Å². The number of carbonyl (C=O) groups is 2. The van der Waals surface area contributed by atoms with Gasteiger partial charge in [0.05, 0.1) is 24.5 Å². The van der Waals surface area contributed by atoms with Gasteiger partial charge >= 0.3 is 11.6 Å². The molecule has 1 amide bonds. The number of carboxylic acid groups (broad SMARTS) is 1. The predicted octanol–water partition coefficient (Wildman–Crippen LogP) is 3.43. The Balaban J connectivity index is 1.86. The summed E-state index contributed by atoms with van der Waals surface area (Å²) in [4.78, 5) is 36.8. The van der Waals surface area contributed by atoms with Crippen LogP contribution in [-0.4, -0.2) is 30.1 Å². The van der Waals surface area contributed by atoms with Gasteiger partial charge < -0.3 is 19.6 Å². The lowest BCUT2D eigenvalue weighted by molar-refractivity contribution is -0.141. The van der Waals surface area contributed by atoms with Crippen LogP contribution in [0.4, 0.5) is 0 Å². The highest BCUT2D eigenvalue weighted by molar-refractivity contribution is 6.30. The molecule has 1 heterocycles. The highest BCUT2D eigenvalue weighted by Crippen LogP contribution is 2.30. The Bertz CT molecular complexity index is 1200. The summed E-state index contributed by atoms with van der Waals surface area (Å²) in [5.74, 6) is -1.24. The second-order valence-corrected chi connectivity index (χ2v) is 7.74. The van der Waals surface area contributed by atoms with Gasteiger partial charge in [-0.15, -0.1) is 0 Å². The maximum Gasteiger partial charge on any atom is 0.340 e. The Hall–Kier alpha value is -3.32. The number of carbonyl (C=O) groups excluding carboxylic acids is 1. The third-order valence-electron chi connectivity index (χ3n) is 5.03. The Morgan fingerprint density at radius 3 is 2.48 bits per heavy atom. The molecule has 1 unspecified atom stereocenters. The molecule has 0 fully saturated rings. The number of methoxy groups -OCH3 is 1. The van der Waals surface area contributed by atoms with Gasteiger partial charge in [-0.05, 0) is 54.8 Å². The minimum atomic E-state index is -1.18. The number of halogens is 1. The average Bonchev–Trinajstić information content (AvgIpc) is 2.71. The van der Waals surface area contributed by atoms with Crippen LogP contribution in [-0.2, 0) is 22.4 Å². The average molecular weight is 444 g/mol. The first-order chi connectivity index (χ1) is 14.7. The fourth-order valence-corrected chi connectivity index (χ4v) is 3.59. The van der Waals surface area contributed by atoms with Crippen LogP contribution in [0.5, 0.6) is 5.75 Å². The van der Waals surface area contributed by atoms with Crippen molar-refractivity contribution < 1.29 is 23.8 Å². The van der Waals surface area contributed by atoms with E-state index in [9.17, 15) is 19.5 Å². The van der Waals surface area contributed by atoms with Crippen LogP contribution in [0.3, 0.4) is 0 Å². The van der Waals surface area contributed by atoms with E-state index in [2.05, 4.69) is 5.32 Å². The predicted molar refractivity (Wildman–Crippen MR) is 117 cm³/mol. The van der Waals surface area contributed by atoms with Crippen molar-refractivity contribution in [3.05, 3.63) is 74.1 Å². The number of hydrogen-bond donors (Lipinski definition) is 2. The minimum absolute atomic E-state index is 0.0800. The van der Waals surface area contributed by atoms with Gasteiger partial charge in [0.25, 0.3) is 0 Å². The van der Waals surface area contributed by atoms with E-state index in [0.29, 0.717) is 32.9 Å². The molecular weight excluding hydrogens is 422 g/mol. The standard InChI is InChI=1S/C23H22ClNO6/c1-12-8-18(30-3)21-13(2)16(23(29)31-19(21)9-12)11-20(26)25-17(22(27)28)10-14-4-6-15(24)7-5-14/h4-9,17H,10-11H2,1-3H3,(H,25,26)(H,27,28). The number of rotatable bonds is 7. The Kier molecular flexibility index (Phi) is 6.65. The zero-order valence-corrected chi connectivity index (χ0v) is 18.1. The van der Waals surface area contributed by atoms with Crippen LogP contribution in [0, 0.1) is 13.8 Å². The van der Waals surface area contributed by atoms with Crippen molar-refractivity contribution >= 4 is 34.4 Å². The van der Waals surface area contributed by atoms with E-state index in [-0.39, 0.29) is 18.4 Å². The molecule has 2 N–H and O–H groups in total. The molecule has 0 radical (unpaired) electrons. The van der Waals surface area contributed by atoms with Gasteiger partial charge in [-0.3, -0.25) is 4.79 Å². The highest BCUT2D eigenvalue weighted by Gasteiger charge is 2.23. The van der Waals surface area contributed by atoms with E-state index in [1.54, 1.807) is 37.3 Å². The van der Waals surface area contributed by atoms with Crippen molar-refractivity contribution in [1.82, 2.24) is 5.32 Å². The summed E-state index contributed by atoms with van der Waals surface area (Å²) in [7, 11) is 1.51. The molecular formula is C23H22ClNO6. The quantitative estimate of drug-likeness (QED) is 0.542. The normalized spacial score (nSPS) is 11.9. The van der Waals surface area contributed by atoms with Crippen molar-refractivity contribution in [2.24, 2.45) is 0 Å². The number of hydrogen-bond acceptors (Lipinski definition) is 5. The summed E-state index contributed by atoms with van der Waals surface area (Å²) in [5, 5.41) is 13.1. The van der Waals surface area contributed by atoms with E-state index < -0.39 is 23.5 Å². The summed E-state index contributed by atoms with van der Waals surface area (Å²) in [6.45, 7) is 3.56. The first-order valence-electron chi connectivity index (χ1n) is 9.57. The lowest BCUT2D eigenvalue weighted by atomic mass is 10.0. The zero-order chi connectivity index (χ0) is 22.7. The number of amides is 1. The van der Waals surface area contributed by atoms with Crippen molar-refractivity contribution in [2.45, 2.75) is 32.7 Å². The molecule has 0 aliphatic rings. The SMILES string of the molecule is COc1cc(C)cc2oc(=O)c(CC(=O)NC(Cc3ccc(Cl)cc3)C(=O)O)c(C)c12. The van der Waals surface area contributed by atoms with Gasteiger partial charge in [0, 0.05) is 11.4 Å². The lowest BCUT2D eigenvalue weighted by Crippen LogP contribution is -2.43. The molecule has 31 heavy (non-hydrogen) atoms. The van der Waals surface area contributed by atoms with Crippen LogP contribution < -0.4 is 15.7 Å². The minimum Gasteiger partial charge on any atom is -0.496 e. The summed E-state index contributed by atoms with van der Waals surface area (Å²) in [5.41, 5.74) is 2.01. The number of ether oxygens (including phenoxy) is 1. The van der Waals surface area contributed by atoms with Gasteiger partial charge in [-0.1, -0.05) is 23.7 Å². The van der Waals surface area contributed by atoms with Crippen LogP contribution in [0.25, 0.3) is 11.0 Å². The molecule has 3 rings (SSSR count). The van der Waals surface area contributed by atoms with E-state index in [4.69, 9.17) is 20.8 Å². The van der Waals surface area contributed by atoms with E-state index in [1.807, 2.05) is 13.0 Å². The van der Waals surface area contributed by atoms with Crippen LogP contribution in [0.2, 0.25) is 5.02 Å². The number of benzene rings is 2. The Morgan fingerprint density at radius 1 is 1.19 bits per heavy atom. The number of aliphatic carboxylic acids is 1. The third-order valence-corrected chi connectivity index (χ3v) is 5.28.